The maximum Gasteiger partial charge on any atom is 0.167 e. The third kappa shape index (κ3) is 3.36. The van der Waals surface area contributed by atoms with Crippen LogP contribution in [-0.2, 0) is 6.42 Å². The van der Waals surface area contributed by atoms with Crippen LogP contribution in [0.25, 0.3) is 0 Å². The van der Waals surface area contributed by atoms with Gasteiger partial charge in [-0.25, -0.2) is 0 Å². The Labute approximate surface area is 118 Å². The summed E-state index contributed by atoms with van der Waals surface area (Å²) in [7, 11) is 1.62. The molecule has 0 amide bonds. The van der Waals surface area contributed by atoms with Crippen molar-refractivity contribution in [2.75, 3.05) is 7.11 Å². The van der Waals surface area contributed by atoms with Gasteiger partial charge in [0.25, 0.3) is 0 Å². The van der Waals surface area contributed by atoms with Crippen LogP contribution < -0.4 is 4.74 Å². The largest absolute Gasteiger partial charge is 0.496 e. The number of carbonyl (C=O) groups is 1. The summed E-state index contributed by atoms with van der Waals surface area (Å²) in [5, 5.41) is 0.649. The molecule has 0 atom stereocenters. The van der Waals surface area contributed by atoms with E-state index in [0.717, 1.165) is 16.9 Å². The normalized spacial score (nSPS) is 10.3. The highest BCUT2D eigenvalue weighted by Gasteiger charge is 2.09. The average molecular weight is 275 g/mol. The molecule has 0 aliphatic carbocycles. The molecule has 0 heterocycles. The van der Waals surface area contributed by atoms with Crippen molar-refractivity contribution >= 4 is 17.4 Å². The molecule has 3 heteroatoms. The number of aryl methyl sites for hydroxylation is 1. The van der Waals surface area contributed by atoms with Crippen molar-refractivity contribution in [1.82, 2.24) is 0 Å². The van der Waals surface area contributed by atoms with Crippen molar-refractivity contribution in [3.8, 4) is 5.75 Å². The molecule has 2 nitrogen and oxygen atoms in total. The van der Waals surface area contributed by atoms with Crippen LogP contribution in [0.3, 0.4) is 0 Å². The van der Waals surface area contributed by atoms with Gasteiger partial charge in [-0.1, -0.05) is 23.7 Å². The molecule has 0 spiro atoms. The van der Waals surface area contributed by atoms with Gasteiger partial charge in [0.05, 0.1) is 7.11 Å². The third-order valence-electron chi connectivity index (χ3n) is 2.97. The number of Topliss-reactive ketones (excluding diaryl/α,β-unsaturated/α-hetero) is 1. The Morgan fingerprint density at radius 1 is 1.21 bits per heavy atom. The van der Waals surface area contributed by atoms with Crippen LogP contribution in [0.2, 0.25) is 5.02 Å². The molecule has 2 rings (SSSR count). The molecule has 0 bridgehead atoms. The topological polar surface area (TPSA) is 26.3 Å². The molecule has 19 heavy (non-hydrogen) atoms. The van der Waals surface area contributed by atoms with E-state index in [-0.39, 0.29) is 5.78 Å². The summed E-state index contributed by atoms with van der Waals surface area (Å²) in [5.74, 6) is 0.868. The highest BCUT2D eigenvalue weighted by Crippen LogP contribution is 2.20. The lowest BCUT2D eigenvalue weighted by atomic mass is 10.0. The first-order valence-corrected chi connectivity index (χ1v) is 6.40. The Balaban J connectivity index is 2.18. The molecule has 0 saturated heterocycles. The van der Waals surface area contributed by atoms with E-state index in [9.17, 15) is 4.79 Å². The second-order valence-electron chi connectivity index (χ2n) is 4.41. The predicted octanol–water partition coefficient (Wildman–Crippen LogP) is 4.08. The zero-order valence-corrected chi connectivity index (χ0v) is 11.7. The summed E-state index contributed by atoms with van der Waals surface area (Å²) in [6.45, 7) is 1.93. The minimum atomic E-state index is 0.0769. The first kappa shape index (κ1) is 13.6. The van der Waals surface area contributed by atoms with Crippen molar-refractivity contribution in [3.63, 3.8) is 0 Å². The second kappa shape index (κ2) is 5.89. The van der Waals surface area contributed by atoms with Gasteiger partial charge < -0.3 is 4.74 Å². The Kier molecular flexibility index (Phi) is 4.23. The lowest BCUT2D eigenvalue weighted by Gasteiger charge is -2.07. The van der Waals surface area contributed by atoms with E-state index in [2.05, 4.69) is 0 Å². The number of benzene rings is 2. The van der Waals surface area contributed by atoms with Crippen molar-refractivity contribution in [3.05, 3.63) is 64.2 Å². The van der Waals surface area contributed by atoms with Gasteiger partial charge in [-0.2, -0.15) is 0 Å². The number of ether oxygens (including phenoxy) is 1. The number of methoxy groups -OCH3 is 1. The fourth-order valence-electron chi connectivity index (χ4n) is 1.99. The van der Waals surface area contributed by atoms with Gasteiger partial charge >= 0.3 is 0 Å². The van der Waals surface area contributed by atoms with E-state index < -0.39 is 0 Å². The molecule has 0 unspecified atom stereocenters. The maximum absolute atomic E-state index is 12.2. The summed E-state index contributed by atoms with van der Waals surface area (Å²) in [4.78, 5) is 12.2. The van der Waals surface area contributed by atoms with E-state index >= 15 is 0 Å². The van der Waals surface area contributed by atoms with E-state index in [4.69, 9.17) is 16.3 Å². The van der Waals surface area contributed by atoms with Crippen molar-refractivity contribution in [1.29, 1.82) is 0 Å². The molecular weight excluding hydrogens is 260 g/mol. The first-order chi connectivity index (χ1) is 9.10. The smallest absolute Gasteiger partial charge is 0.167 e. The van der Waals surface area contributed by atoms with E-state index in [0.29, 0.717) is 17.0 Å². The van der Waals surface area contributed by atoms with Crippen molar-refractivity contribution in [2.45, 2.75) is 13.3 Å². The van der Waals surface area contributed by atoms with Crippen LogP contribution in [0, 0.1) is 6.92 Å². The van der Waals surface area contributed by atoms with Crippen LogP contribution in [0.1, 0.15) is 21.5 Å². The molecule has 0 aliphatic rings. The number of rotatable bonds is 4. The summed E-state index contributed by atoms with van der Waals surface area (Å²) >= 11 is 5.91. The lowest BCUT2D eigenvalue weighted by Crippen LogP contribution is -2.04. The highest BCUT2D eigenvalue weighted by molar-refractivity contribution is 6.30. The molecule has 0 radical (unpaired) electrons. The standard InChI is InChI=1S/C16H15ClO2/c1-11-8-13(6-7-16(11)19-2)15(18)10-12-4-3-5-14(17)9-12/h3-9H,10H2,1-2H3. The van der Waals surface area contributed by atoms with Crippen molar-refractivity contribution < 1.29 is 9.53 Å². The quantitative estimate of drug-likeness (QED) is 0.785. The van der Waals surface area contributed by atoms with Gasteiger partial charge in [0.2, 0.25) is 0 Å². The molecular formula is C16H15ClO2. The summed E-state index contributed by atoms with van der Waals surface area (Å²) < 4.78 is 5.18. The molecule has 0 fully saturated rings. The Morgan fingerprint density at radius 2 is 2.00 bits per heavy atom. The van der Waals surface area contributed by atoms with Crippen molar-refractivity contribution in [2.24, 2.45) is 0 Å². The minimum Gasteiger partial charge on any atom is -0.496 e. The molecule has 2 aromatic carbocycles. The SMILES string of the molecule is COc1ccc(C(=O)Cc2cccc(Cl)c2)cc1C. The minimum absolute atomic E-state index is 0.0769. The number of halogens is 1. The van der Waals surface area contributed by atoms with Gasteiger partial charge in [-0.15, -0.1) is 0 Å². The molecule has 98 valence electrons. The van der Waals surface area contributed by atoms with Crippen LogP contribution in [-0.4, -0.2) is 12.9 Å². The molecule has 2 aromatic rings. The molecule has 0 aliphatic heterocycles. The molecule has 0 aromatic heterocycles. The summed E-state index contributed by atoms with van der Waals surface area (Å²) in [6.07, 6.45) is 0.354. The van der Waals surface area contributed by atoms with E-state index in [1.165, 1.54) is 0 Å². The summed E-state index contributed by atoms with van der Waals surface area (Å²) in [6, 6.07) is 12.8. The molecule has 0 N–H and O–H groups in total. The Bertz CT molecular complexity index is 605. The fourth-order valence-corrected chi connectivity index (χ4v) is 2.20. The second-order valence-corrected chi connectivity index (χ2v) is 4.85. The fraction of sp³-hybridized carbons (Fsp3) is 0.188. The third-order valence-corrected chi connectivity index (χ3v) is 3.21. The van der Waals surface area contributed by atoms with Crippen LogP contribution in [0.5, 0.6) is 5.75 Å². The van der Waals surface area contributed by atoms with Gasteiger partial charge in [-0.3, -0.25) is 4.79 Å². The first-order valence-electron chi connectivity index (χ1n) is 6.02. The van der Waals surface area contributed by atoms with Crippen LogP contribution >= 0.6 is 11.6 Å². The van der Waals surface area contributed by atoms with Gasteiger partial charge in [0, 0.05) is 17.0 Å². The van der Waals surface area contributed by atoms with Gasteiger partial charge in [-0.05, 0) is 48.4 Å². The Hall–Kier alpha value is -1.80. The van der Waals surface area contributed by atoms with E-state index in [1.54, 1.807) is 19.2 Å². The number of ketones is 1. The number of carbonyl (C=O) groups excluding carboxylic acids is 1. The predicted molar refractivity (Wildman–Crippen MR) is 77.2 cm³/mol. The lowest BCUT2D eigenvalue weighted by molar-refractivity contribution is 0.0993. The number of hydrogen-bond donors (Lipinski definition) is 0. The average Bonchev–Trinajstić information content (AvgIpc) is 2.38. The molecule has 0 saturated carbocycles. The Morgan fingerprint density at radius 3 is 2.63 bits per heavy atom. The van der Waals surface area contributed by atoms with Crippen LogP contribution in [0.15, 0.2) is 42.5 Å². The monoisotopic (exact) mass is 274 g/mol. The zero-order valence-electron chi connectivity index (χ0n) is 10.9. The van der Waals surface area contributed by atoms with E-state index in [1.807, 2.05) is 37.3 Å². The van der Waals surface area contributed by atoms with Gasteiger partial charge in [0.1, 0.15) is 5.75 Å². The number of hydrogen-bond acceptors (Lipinski definition) is 2. The maximum atomic E-state index is 12.2. The zero-order chi connectivity index (χ0) is 13.8. The van der Waals surface area contributed by atoms with Gasteiger partial charge in [0.15, 0.2) is 5.78 Å². The summed E-state index contributed by atoms with van der Waals surface area (Å²) in [5.41, 5.74) is 2.57. The highest BCUT2D eigenvalue weighted by atomic mass is 35.5. The van der Waals surface area contributed by atoms with Crippen LogP contribution in [0.4, 0.5) is 0 Å².